The van der Waals surface area contributed by atoms with Gasteiger partial charge in [-0.25, -0.2) is 0 Å². The third-order valence-corrected chi connectivity index (χ3v) is 12.2. The summed E-state index contributed by atoms with van der Waals surface area (Å²) < 4.78 is 16.7. The Morgan fingerprint density at radius 1 is 0.303 bits per heavy atom. The van der Waals surface area contributed by atoms with Crippen molar-refractivity contribution in [1.82, 2.24) is 0 Å². The van der Waals surface area contributed by atoms with Gasteiger partial charge in [0.15, 0.2) is 6.10 Å². The summed E-state index contributed by atoms with van der Waals surface area (Å²) in [6, 6.07) is 0. The molecule has 0 aliphatic rings. The number of hydrogen-bond acceptors (Lipinski definition) is 6. The molecule has 382 valence electrons. The molecule has 0 bridgehead atoms. The van der Waals surface area contributed by atoms with Gasteiger partial charge >= 0.3 is 17.9 Å². The molecular formula is C60H106O6. The Kier molecular flexibility index (Phi) is 52.3. The van der Waals surface area contributed by atoms with Gasteiger partial charge in [0.2, 0.25) is 0 Å². The second kappa shape index (κ2) is 54.7. The molecule has 0 saturated heterocycles. The number of allylic oxidation sites excluding steroid dienone is 10. The number of carbonyl (C=O) groups excluding carboxylic acids is 3. The summed E-state index contributed by atoms with van der Waals surface area (Å²) in [4.78, 5) is 37.8. The maximum Gasteiger partial charge on any atom is 0.306 e. The second-order valence-corrected chi connectivity index (χ2v) is 18.8. The predicted octanol–water partition coefficient (Wildman–Crippen LogP) is 18.8. The normalized spacial score (nSPS) is 12.5. The predicted molar refractivity (Wildman–Crippen MR) is 284 cm³/mol. The molecule has 0 fully saturated rings. The summed E-state index contributed by atoms with van der Waals surface area (Å²) in [6.07, 6.45) is 68.2. The monoisotopic (exact) mass is 923 g/mol. The van der Waals surface area contributed by atoms with Crippen LogP contribution in [0.25, 0.3) is 0 Å². The van der Waals surface area contributed by atoms with Crippen molar-refractivity contribution in [3.05, 3.63) is 60.8 Å². The van der Waals surface area contributed by atoms with Crippen LogP contribution >= 0.6 is 0 Å². The fourth-order valence-electron chi connectivity index (χ4n) is 7.95. The Labute approximate surface area is 409 Å². The molecule has 6 heteroatoms. The molecule has 0 aliphatic carbocycles. The molecule has 0 aliphatic heterocycles. The molecule has 6 nitrogen and oxygen atoms in total. The minimum Gasteiger partial charge on any atom is -0.462 e. The zero-order chi connectivity index (χ0) is 47.9. The summed E-state index contributed by atoms with van der Waals surface area (Å²) in [5.74, 6) is -0.898. The van der Waals surface area contributed by atoms with E-state index in [1.807, 2.05) is 0 Å². The standard InChI is InChI=1S/C60H106O6/c1-4-7-10-13-16-18-20-22-24-25-26-27-28-29-30-31-32-33-34-35-37-38-40-42-44-47-50-53-59(62)65-56-57(55-64-58(61)52-49-46-15-12-9-6-3)66-60(63)54-51-48-45-43-41-39-36-23-21-19-17-14-11-8-5-2/h17,19-20,22-23,25-26,28-29,36,57H,4-16,18,21,24,27,30-35,37-56H2,1-3H3/b19-17-,22-20-,26-25-,29-28-,36-23-. The minimum atomic E-state index is -0.778. The van der Waals surface area contributed by atoms with Crippen LogP contribution in [0.1, 0.15) is 284 Å². The summed E-state index contributed by atoms with van der Waals surface area (Å²) >= 11 is 0. The van der Waals surface area contributed by atoms with Crippen LogP contribution in [0, 0.1) is 0 Å². The van der Waals surface area contributed by atoms with Crippen LogP contribution in [0.3, 0.4) is 0 Å². The van der Waals surface area contributed by atoms with E-state index in [0.717, 1.165) is 96.3 Å². The van der Waals surface area contributed by atoms with E-state index in [9.17, 15) is 14.4 Å². The van der Waals surface area contributed by atoms with Crippen LogP contribution in [-0.2, 0) is 28.6 Å². The number of rotatable bonds is 51. The molecule has 0 aromatic rings. The first kappa shape index (κ1) is 63.1. The van der Waals surface area contributed by atoms with Crippen molar-refractivity contribution in [2.45, 2.75) is 290 Å². The van der Waals surface area contributed by atoms with Crippen molar-refractivity contribution in [3.63, 3.8) is 0 Å². The summed E-state index contributed by atoms with van der Waals surface area (Å²) in [6.45, 7) is 6.54. The first-order valence-corrected chi connectivity index (χ1v) is 28.3. The van der Waals surface area contributed by atoms with E-state index in [-0.39, 0.29) is 31.1 Å². The van der Waals surface area contributed by atoms with E-state index in [4.69, 9.17) is 14.2 Å². The molecular weight excluding hydrogens is 817 g/mol. The highest BCUT2D eigenvalue weighted by molar-refractivity contribution is 5.71. The van der Waals surface area contributed by atoms with E-state index in [1.165, 1.54) is 148 Å². The third-order valence-electron chi connectivity index (χ3n) is 12.2. The number of hydrogen-bond donors (Lipinski definition) is 0. The van der Waals surface area contributed by atoms with E-state index in [1.54, 1.807) is 0 Å². The second-order valence-electron chi connectivity index (χ2n) is 18.8. The fourth-order valence-corrected chi connectivity index (χ4v) is 7.95. The highest BCUT2D eigenvalue weighted by atomic mass is 16.6. The van der Waals surface area contributed by atoms with Gasteiger partial charge in [0.1, 0.15) is 13.2 Å². The highest BCUT2D eigenvalue weighted by Crippen LogP contribution is 2.15. The van der Waals surface area contributed by atoms with Gasteiger partial charge in [-0.2, -0.15) is 0 Å². The maximum atomic E-state index is 12.8. The average Bonchev–Trinajstić information content (AvgIpc) is 3.31. The SMILES string of the molecule is CCCCC/C=C\C/C=C\CCCCCCCC(=O)OC(COC(=O)CCCCCCCC)COC(=O)CCCCCCCCCCCCCC/C=C\C/C=C\C/C=C\CCCCCCC. The van der Waals surface area contributed by atoms with Gasteiger partial charge in [-0.3, -0.25) is 14.4 Å². The summed E-state index contributed by atoms with van der Waals surface area (Å²) in [5, 5.41) is 0. The molecule has 0 aromatic carbocycles. The van der Waals surface area contributed by atoms with Gasteiger partial charge in [0.05, 0.1) is 0 Å². The third kappa shape index (κ3) is 52.1. The van der Waals surface area contributed by atoms with E-state index >= 15 is 0 Å². The van der Waals surface area contributed by atoms with Crippen LogP contribution in [0.4, 0.5) is 0 Å². The first-order chi connectivity index (χ1) is 32.5. The van der Waals surface area contributed by atoms with Crippen molar-refractivity contribution in [1.29, 1.82) is 0 Å². The Hall–Kier alpha value is -2.89. The van der Waals surface area contributed by atoms with Gasteiger partial charge in [-0.15, -0.1) is 0 Å². The zero-order valence-electron chi connectivity index (χ0n) is 43.7. The molecule has 0 aromatic heterocycles. The Morgan fingerprint density at radius 2 is 0.545 bits per heavy atom. The van der Waals surface area contributed by atoms with E-state index < -0.39 is 6.10 Å². The minimum absolute atomic E-state index is 0.0796. The summed E-state index contributed by atoms with van der Waals surface area (Å²) in [5.41, 5.74) is 0. The molecule has 1 atom stereocenters. The van der Waals surface area contributed by atoms with Gasteiger partial charge in [0.25, 0.3) is 0 Å². The van der Waals surface area contributed by atoms with Crippen LogP contribution < -0.4 is 0 Å². The molecule has 0 spiro atoms. The molecule has 66 heavy (non-hydrogen) atoms. The molecule has 0 radical (unpaired) electrons. The quantitative estimate of drug-likeness (QED) is 0.0262. The highest BCUT2D eigenvalue weighted by Gasteiger charge is 2.19. The van der Waals surface area contributed by atoms with Gasteiger partial charge in [-0.1, -0.05) is 236 Å². The van der Waals surface area contributed by atoms with Gasteiger partial charge in [-0.05, 0) is 89.9 Å². The van der Waals surface area contributed by atoms with Crippen molar-refractivity contribution < 1.29 is 28.6 Å². The topological polar surface area (TPSA) is 78.9 Å². The van der Waals surface area contributed by atoms with Crippen LogP contribution in [-0.4, -0.2) is 37.2 Å². The Bertz CT molecular complexity index is 1200. The van der Waals surface area contributed by atoms with E-state index in [0.29, 0.717) is 19.3 Å². The van der Waals surface area contributed by atoms with Crippen molar-refractivity contribution >= 4 is 17.9 Å². The molecule has 0 rings (SSSR count). The van der Waals surface area contributed by atoms with Crippen LogP contribution in [0.2, 0.25) is 0 Å². The first-order valence-electron chi connectivity index (χ1n) is 28.3. The lowest BCUT2D eigenvalue weighted by Gasteiger charge is -2.18. The van der Waals surface area contributed by atoms with Crippen molar-refractivity contribution in [2.75, 3.05) is 13.2 Å². The fraction of sp³-hybridized carbons (Fsp3) is 0.783. The average molecular weight is 924 g/mol. The molecule has 0 saturated carbocycles. The van der Waals surface area contributed by atoms with Crippen LogP contribution in [0.5, 0.6) is 0 Å². The smallest absolute Gasteiger partial charge is 0.306 e. The van der Waals surface area contributed by atoms with Crippen molar-refractivity contribution in [2.24, 2.45) is 0 Å². The van der Waals surface area contributed by atoms with E-state index in [2.05, 4.69) is 81.5 Å². The maximum absolute atomic E-state index is 12.8. The Balaban J connectivity index is 4.10. The zero-order valence-corrected chi connectivity index (χ0v) is 43.7. The molecule has 1 unspecified atom stereocenters. The lowest BCUT2D eigenvalue weighted by atomic mass is 10.0. The lowest BCUT2D eigenvalue weighted by molar-refractivity contribution is -0.167. The number of ether oxygens (including phenoxy) is 3. The van der Waals surface area contributed by atoms with Gasteiger partial charge in [0, 0.05) is 19.3 Å². The number of esters is 3. The molecule has 0 heterocycles. The number of unbranched alkanes of at least 4 members (excludes halogenated alkanes) is 30. The summed E-state index contributed by atoms with van der Waals surface area (Å²) in [7, 11) is 0. The van der Waals surface area contributed by atoms with Crippen LogP contribution in [0.15, 0.2) is 60.8 Å². The number of carbonyl (C=O) groups is 3. The van der Waals surface area contributed by atoms with Crippen molar-refractivity contribution in [3.8, 4) is 0 Å². The largest absolute Gasteiger partial charge is 0.462 e. The lowest BCUT2D eigenvalue weighted by Crippen LogP contribution is -2.30. The van der Waals surface area contributed by atoms with Gasteiger partial charge < -0.3 is 14.2 Å². The molecule has 0 amide bonds. The molecule has 0 N–H and O–H groups in total. The Morgan fingerprint density at radius 3 is 0.879 bits per heavy atom.